The monoisotopic (exact) mass is 484 g/mol. The van der Waals surface area contributed by atoms with Crippen LogP contribution in [0.1, 0.15) is 55.1 Å². The molecule has 2 aromatic rings. The highest BCUT2D eigenvalue weighted by molar-refractivity contribution is 7.99. The van der Waals surface area contributed by atoms with E-state index in [9.17, 15) is 19.5 Å². The second kappa shape index (κ2) is 14.5. The highest BCUT2D eigenvalue weighted by atomic mass is 32.2. The van der Waals surface area contributed by atoms with Gasteiger partial charge in [-0.2, -0.15) is 11.8 Å². The number of rotatable bonds is 13. The summed E-state index contributed by atoms with van der Waals surface area (Å²) in [6.45, 7) is 6.44. The Morgan fingerprint density at radius 3 is 2.38 bits per heavy atom. The van der Waals surface area contributed by atoms with E-state index >= 15 is 0 Å². The maximum Gasteiger partial charge on any atom is 0.327 e. The van der Waals surface area contributed by atoms with Crippen LogP contribution in [0.3, 0.4) is 0 Å². The van der Waals surface area contributed by atoms with Gasteiger partial charge in [-0.25, -0.2) is 9.59 Å². The number of nitrogens with one attached hydrogen (secondary N) is 1. The van der Waals surface area contributed by atoms with Gasteiger partial charge in [-0.15, -0.1) is 0 Å². The summed E-state index contributed by atoms with van der Waals surface area (Å²) < 4.78 is 0. The van der Waals surface area contributed by atoms with Crippen molar-refractivity contribution >= 4 is 29.7 Å². The van der Waals surface area contributed by atoms with Gasteiger partial charge >= 0.3 is 12.0 Å². The van der Waals surface area contributed by atoms with Gasteiger partial charge in [0.25, 0.3) is 5.91 Å². The lowest BCUT2D eigenvalue weighted by atomic mass is 10.0. The zero-order valence-corrected chi connectivity index (χ0v) is 21.1. The second-order valence-corrected chi connectivity index (χ2v) is 9.91. The molecule has 0 fully saturated rings. The van der Waals surface area contributed by atoms with Crippen molar-refractivity contribution in [3.63, 3.8) is 0 Å². The third kappa shape index (κ3) is 9.21. The number of imide groups is 1. The summed E-state index contributed by atoms with van der Waals surface area (Å²) in [5.74, 6) is -0.0147. The molecule has 2 aromatic carbocycles. The highest BCUT2D eigenvalue weighted by Crippen LogP contribution is 2.14. The van der Waals surface area contributed by atoms with Gasteiger partial charge in [-0.05, 0) is 54.2 Å². The van der Waals surface area contributed by atoms with Gasteiger partial charge in [-0.3, -0.25) is 9.69 Å². The average molecular weight is 485 g/mol. The number of thioether (sulfide) groups is 1. The molecule has 3 amide bonds. The standard InChI is InChI=1S/C27H36N2O4S/c1-4-5-16-34-19-24(26(31)32)28-27(33)29(15-14-21-10-7-6-8-11-21)25(30)23-13-9-12-22(18-23)17-20(2)3/h6-13,18,20,24H,4-5,14-17,19H2,1-3H3,(H,28,33)(H,31,32)/t24-/m0/s1. The molecule has 0 spiro atoms. The molecule has 0 aliphatic rings. The molecular weight excluding hydrogens is 448 g/mol. The largest absolute Gasteiger partial charge is 0.480 e. The number of benzene rings is 2. The van der Waals surface area contributed by atoms with Gasteiger partial charge in [-0.1, -0.05) is 69.7 Å². The van der Waals surface area contributed by atoms with Crippen LogP contribution in [0.2, 0.25) is 0 Å². The predicted molar refractivity (Wildman–Crippen MR) is 138 cm³/mol. The van der Waals surface area contributed by atoms with E-state index in [1.165, 1.54) is 11.8 Å². The van der Waals surface area contributed by atoms with Crippen molar-refractivity contribution in [2.75, 3.05) is 18.1 Å². The van der Waals surface area contributed by atoms with Crippen LogP contribution >= 0.6 is 11.8 Å². The van der Waals surface area contributed by atoms with Gasteiger partial charge in [0, 0.05) is 17.9 Å². The minimum atomic E-state index is -1.10. The molecule has 0 unspecified atom stereocenters. The van der Waals surface area contributed by atoms with Crippen LogP contribution in [-0.4, -0.2) is 52.0 Å². The zero-order valence-electron chi connectivity index (χ0n) is 20.3. The Labute approximate surface area is 207 Å². The summed E-state index contributed by atoms with van der Waals surface area (Å²) in [5.41, 5.74) is 2.44. The second-order valence-electron chi connectivity index (χ2n) is 8.76. The van der Waals surface area contributed by atoms with Crippen LogP contribution in [0.15, 0.2) is 54.6 Å². The van der Waals surface area contributed by atoms with Crippen molar-refractivity contribution in [3.8, 4) is 0 Å². The maximum absolute atomic E-state index is 13.4. The molecule has 6 nitrogen and oxygen atoms in total. The predicted octanol–water partition coefficient (Wildman–Crippen LogP) is 5.27. The molecule has 0 aliphatic heterocycles. The number of amides is 3. The quantitative estimate of drug-likeness (QED) is 0.379. The van der Waals surface area contributed by atoms with Crippen LogP contribution in [0.5, 0.6) is 0 Å². The molecule has 2 N–H and O–H groups in total. The summed E-state index contributed by atoms with van der Waals surface area (Å²) in [4.78, 5) is 39.5. The molecule has 0 aromatic heterocycles. The number of carbonyl (C=O) groups is 3. The zero-order chi connectivity index (χ0) is 24.9. The van der Waals surface area contributed by atoms with Crippen LogP contribution < -0.4 is 5.32 Å². The first kappa shape index (κ1) is 27.4. The van der Waals surface area contributed by atoms with Crippen molar-refractivity contribution in [2.24, 2.45) is 5.92 Å². The van der Waals surface area contributed by atoms with Crippen LogP contribution in [-0.2, 0) is 17.6 Å². The van der Waals surface area contributed by atoms with E-state index < -0.39 is 23.9 Å². The Morgan fingerprint density at radius 1 is 1.03 bits per heavy atom. The lowest BCUT2D eigenvalue weighted by Gasteiger charge is -2.24. The van der Waals surface area contributed by atoms with Gasteiger partial charge in [0.2, 0.25) is 0 Å². The lowest BCUT2D eigenvalue weighted by Crippen LogP contribution is -2.51. The maximum atomic E-state index is 13.4. The average Bonchev–Trinajstić information content (AvgIpc) is 2.81. The van der Waals surface area contributed by atoms with Crippen molar-refractivity contribution < 1.29 is 19.5 Å². The number of carboxylic acid groups (broad SMARTS) is 1. The van der Waals surface area contributed by atoms with E-state index in [0.717, 1.165) is 41.0 Å². The van der Waals surface area contributed by atoms with E-state index in [4.69, 9.17) is 0 Å². The Hall–Kier alpha value is -2.80. The molecule has 2 rings (SSSR count). The number of hydrogen-bond donors (Lipinski definition) is 2. The SMILES string of the molecule is CCCCSC[C@H](NC(=O)N(CCc1ccccc1)C(=O)c1cccc(CC(C)C)c1)C(=O)O. The van der Waals surface area contributed by atoms with Crippen molar-refractivity contribution in [1.82, 2.24) is 10.2 Å². The normalized spacial score (nSPS) is 11.8. The number of unbranched alkanes of at least 4 members (excludes halogenated alkanes) is 1. The lowest BCUT2D eigenvalue weighted by molar-refractivity contribution is -0.138. The van der Waals surface area contributed by atoms with Crippen molar-refractivity contribution in [3.05, 3.63) is 71.3 Å². The highest BCUT2D eigenvalue weighted by Gasteiger charge is 2.27. The minimum absolute atomic E-state index is 0.151. The smallest absolute Gasteiger partial charge is 0.327 e. The Kier molecular flexibility index (Phi) is 11.7. The van der Waals surface area contributed by atoms with Crippen molar-refractivity contribution in [1.29, 1.82) is 0 Å². The molecule has 0 heterocycles. The fourth-order valence-corrected chi connectivity index (χ4v) is 4.61. The summed E-state index contributed by atoms with van der Waals surface area (Å²) in [7, 11) is 0. The van der Waals surface area contributed by atoms with Crippen LogP contribution in [0.25, 0.3) is 0 Å². The summed E-state index contributed by atoms with van der Waals surface area (Å²) >= 11 is 1.49. The van der Waals surface area contributed by atoms with E-state index in [0.29, 0.717) is 17.9 Å². The summed E-state index contributed by atoms with van der Waals surface area (Å²) in [6.07, 6.45) is 3.32. The molecule has 184 valence electrons. The van der Waals surface area contributed by atoms with Gasteiger partial charge in [0.1, 0.15) is 6.04 Å². The third-order valence-electron chi connectivity index (χ3n) is 5.30. The number of aliphatic carboxylic acids is 1. The molecule has 0 bridgehead atoms. The molecule has 0 radical (unpaired) electrons. The van der Waals surface area contributed by atoms with E-state index in [-0.39, 0.29) is 12.3 Å². The number of nitrogens with zero attached hydrogens (tertiary/aromatic N) is 1. The van der Waals surface area contributed by atoms with E-state index in [1.807, 2.05) is 48.5 Å². The molecule has 1 atom stereocenters. The van der Waals surface area contributed by atoms with Gasteiger partial charge < -0.3 is 10.4 Å². The molecular formula is C27H36N2O4S. The van der Waals surface area contributed by atoms with E-state index in [2.05, 4.69) is 26.1 Å². The number of urea groups is 1. The third-order valence-corrected chi connectivity index (χ3v) is 6.44. The Balaban J connectivity index is 2.21. The van der Waals surface area contributed by atoms with Crippen LogP contribution in [0, 0.1) is 5.92 Å². The number of carbonyl (C=O) groups excluding carboxylic acids is 2. The topological polar surface area (TPSA) is 86.7 Å². The fraction of sp³-hybridized carbons (Fsp3) is 0.444. The first-order valence-corrected chi connectivity index (χ1v) is 13.0. The minimum Gasteiger partial charge on any atom is -0.480 e. The number of hydrogen-bond acceptors (Lipinski definition) is 4. The Morgan fingerprint density at radius 2 is 1.74 bits per heavy atom. The molecule has 0 aliphatic carbocycles. The fourth-order valence-electron chi connectivity index (χ4n) is 3.49. The van der Waals surface area contributed by atoms with Crippen LogP contribution in [0.4, 0.5) is 4.79 Å². The number of carboxylic acids is 1. The first-order valence-electron chi connectivity index (χ1n) is 11.9. The van der Waals surface area contributed by atoms with E-state index in [1.54, 1.807) is 6.07 Å². The molecule has 34 heavy (non-hydrogen) atoms. The molecule has 0 saturated carbocycles. The Bertz CT molecular complexity index is 933. The van der Waals surface area contributed by atoms with Gasteiger partial charge in [0.05, 0.1) is 0 Å². The first-order chi connectivity index (χ1) is 16.3. The molecule has 0 saturated heterocycles. The molecule has 7 heteroatoms. The van der Waals surface area contributed by atoms with Gasteiger partial charge in [0.15, 0.2) is 0 Å². The summed E-state index contributed by atoms with van der Waals surface area (Å²) in [6, 6.07) is 15.2. The van der Waals surface area contributed by atoms with Crippen molar-refractivity contribution in [2.45, 2.75) is 52.5 Å². The summed E-state index contributed by atoms with van der Waals surface area (Å²) in [5, 5.41) is 12.2.